The Morgan fingerprint density at radius 1 is 1.67 bits per heavy atom. The second-order valence-corrected chi connectivity index (χ2v) is 3.93. The van der Waals surface area contributed by atoms with Crippen LogP contribution in [0.2, 0.25) is 0 Å². The number of nitrogens with one attached hydrogen (secondary N) is 1. The summed E-state index contributed by atoms with van der Waals surface area (Å²) in [7, 11) is 0. The van der Waals surface area contributed by atoms with Crippen molar-refractivity contribution in [2.45, 2.75) is 25.9 Å². The van der Waals surface area contributed by atoms with Gasteiger partial charge in [0.1, 0.15) is 11.6 Å². The molecule has 1 aromatic heterocycles. The minimum atomic E-state index is -0.305. The third-order valence-electron chi connectivity index (χ3n) is 2.57. The van der Waals surface area contributed by atoms with E-state index in [-0.39, 0.29) is 11.7 Å². The van der Waals surface area contributed by atoms with Gasteiger partial charge in [0, 0.05) is 19.2 Å². The van der Waals surface area contributed by atoms with Gasteiger partial charge in [0.05, 0.1) is 6.10 Å². The highest BCUT2D eigenvalue weighted by atomic mass is 16.3. The average molecular weight is 209 g/mol. The maximum atomic E-state index is 11.3. The number of aliphatic hydroxyl groups excluding tert-OH is 1. The first kappa shape index (κ1) is 10.2. The first-order valence-corrected chi connectivity index (χ1v) is 5.16. The molecule has 2 heterocycles. The van der Waals surface area contributed by atoms with Gasteiger partial charge in [-0.3, -0.25) is 4.79 Å². The molecule has 0 saturated carbocycles. The lowest BCUT2D eigenvalue weighted by Gasteiger charge is -2.30. The highest BCUT2D eigenvalue weighted by molar-refractivity contribution is 5.38. The molecule has 1 aliphatic heterocycles. The molecule has 1 unspecified atom stereocenters. The quantitative estimate of drug-likeness (QED) is 0.685. The Bertz CT molecular complexity index is 402. The fourth-order valence-electron chi connectivity index (χ4n) is 1.89. The number of aryl methyl sites for hydroxylation is 1. The van der Waals surface area contributed by atoms with Crippen LogP contribution in [-0.2, 0) is 0 Å². The molecule has 1 aromatic rings. The van der Waals surface area contributed by atoms with E-state index in [0.717, 1.165) is 19.4 Å². The zero-order valence-corrected chi connectivity index (χ0v) is 8.73. The third kappa shape index (κ3) is 2.36. The van der Waals surface area contributed by atoms with Gasteiger partial charge >= 0.3 is 0 Å². The fraction of sp³-hybridized carbons (Fsp3) is 0.600. The van der Waals surface area contributed by atoms with Crippen molar-refractivity contribution in [2.24, 2.45) is 0 Å². The topological polar surface area (TPSA) is 69.2 Å². The van der Waals surface area contributed by atoms with E-state index in [2.05, 4.69) is 9.97 Å². The number of piperidine rings is 1. The molecule has 0 bridgehead atoms. The molecule has 1 aliphatic rings. The van der Waals surface area contributed by atoms with Crippen molar-refractivity contribution in [2.75, 3.05) is 18.0 Å². The van der Waals surface area contributed by atoms with Crippen molar-refractivity contribution in [3.8, 4) is 0 Å². The summed E-state index contributed by atoms with van der Waals surface area (Å²) in [5.41, 5.74) is -0.141. The van der Waals surface area contributed by atoms with E-state index in [0.29, 0.717) is 18.2 Å². The zero-order chi connectivity index (χ0) is 10.8. The third-order valence-corrected chi connectivity index (χ3v) is 2.57. The second-order valence-electron chi connectivity index (χ2n) is 3.93. The van der Waals surface area contributed by atoms with Gasteiger partial charge in [0.15, 0.2) is 0 Å². The van der Waals surface area contributed by atoms with Crippen LogP contribution >= 0.6 is 0 Å². The number of β-amino-alcohol motifs (C(OH)–C–C–N with tert-alkyl or cyclic N) is 1. The maximum Gasteiger partial charge on any atom is 0.252 e. The van der Waals surface area contributed by atoms with E-state index in [1.807, 2.05) is 4.90 Å². The van der Waals surface area contributed by atoms with Crippen LogP contribution in [0, 0.1) is 6.92 Å². The molecule has 15 heavy (non-hydrogen) atoms. The molecule has 0 spiro atoms. The minimum absolute atomic E-state index is 0.141. The van der Waals surface area contributed by atoms with Crippen LogP contribution in [0.1, 0.15) is 18.7 Å². The van der Waals surface area contributed by atoms with Crippen molar-refractivity contribution < 1.29 is 5.11 Å². The zero-order valence-electron chi connectivity index (χ0n) is 8.73. The molecule has 0 aromatic carbocycles. The Morgan fingerprint density at radius 2 is 2.47 bits per heavy atom. The molecule has 1 atom stereocenters. The van der Waals surface area contributed by atoms with E-state index in [9.17, 15) is 9.90 Å². The number of hydrogen-bond acceptors (Lipinski definition) is 4. The van der Waals surface area contributed by atoms with Crippen molar-refractivity contribution in [3.63, 3.8) is 0 Å². The van der Waals surface area contributed by atoms with E-state index in [1.54, 1.807) is 6.92 Å². The Balaban J connectivity index is 2.24. The number of H-pyrrole nitrogens is 1. The molecular formula is C10H15N3O2. The Labute approximate surface area is 87.8 Å². The number of anilines is 1. The fourth-order valence-corrected chi connectivity index (χ4v) is 1.89. The predicted molar refractivity (Wildman–Crippen MR) is 57.0 cm³/mol. The van der Waals surface area contributed by atoms with Crippen molar-refractivity contribution in [1.82, 2.24) is 9.97 Å². The molecule has 82 valence electrons. The number of rotatable bonds is 1. The lowest BCUT2D eigenvalue weighted by Crippen LogP contribution is -2.39. The summed E-state index contributed by atoms with van der Waals surface area (Å²) in [5.74, 6) is 1.27. The smallest absolute Gasteiger partial charge is 0.252 e. The molecule has 0 radical (unpaired) electrons. The van der Waals surface area contributed by atoms with E-state index in [1.165, 1.54) is 6.07 Å². The monoisotopic (exact) mass is 209 g/mol. The summed E-state index contributed by atoms with van der Waals surface area (Å²) >= 11 is 0. The molecule has 0 aliphatic carbocycles. The van der Waals surface area contributed by atoms with Gasteiger partial charge in [-0.25, -0.2) is 4.98 Å². The van der Waals surface area contributed by atoms with Crippen LogP contribution in [0.15, 0.2) is 10.9 Å². The Kier molecular flexibility index (Phi) is 2.73. The van der Waals surface area contributed by atoms with Crippen molar-refractivity contribution in [3.05, 3.63) is 22.2 Å². The van der Waals surface area contributed by atoms with Crippen LogP contribution < -0.4 is 10.5 Å². The van der Waals surface area contributed by atoms with Gasteiger partial charge < -0.3 is 15.0 Å². The van der Waals surface area contributed by atoms with E-state index < -0.39 is 0 Å². The van der Waals surface area contributed by atoms with Crippen LogP contribution in [0.3, 0.4) is 0 Å². The molecule has 1 fully saturated rings. The highest BCUT2D eigenvalue weighted by Gasteiger charge is 2.19. The SMILES string of the molecule is Cc1nc(N2CCCC(O)C2)cc(=O)[nH]1. The molecule has 5 heteroatoms. The number of aliphatic hydroxyl groups is 1. The van der Waals surface area contributed by atoms with E-state index in [4.69, 9.17) is 0 Å². The Morgan fingerprint density at radius 3 is 3.13 bits per heavy atom. The predicted octanol–water partition coefficient (Wildman–Crippen LogP) is 0.0394. The van der Waals surface area contributed by atoms with Gasteiger partial charge in [0.25, 0.3) is 5.56 Å². The number of nitrogens with zero attached hydrogens (tertiary/aromatic N) is 2. The summed E-state index contributed by atoms with van der Waals surface area (Å²) < 4.78 is 0. The van der Waals surface area contributed by atoms with Gasteiger partial charge in [-0.1, -0.05) is 0 Å². The largest absolute Gasteiger partial charge is 0.391 e. The van der Waals surface area contributed by atoms with Crippen LogP contribution in [0.4, 0.5) is 5.82 Å². The maximum absolute atomic E-state index is 11.3. The van der Waals surface area contributed by atoms with Gasteiger partial charge in [-0.2, -0.15) is 0 Å². The lowest BCUT2D eigenvalue weighted by atomic mass is 10.1. The van der Waals surface area contributed by atoms with Crippen LogP contribution in [-0.4, -0.2) is 34.3 Å². The van der Waals surface area contributed by atoms with Crippen molar-refractivity contribution in [1.29, 1.82) is 0 Å². The molecule has 2 rings (SSSR count). The molecule has 2 N–H and O–H groups in total. The highest BCUT2D eigenvalue weighted by Crippen LogP contribution is 2.16. The van der Waals surface area contributed by atoms with Crippen LogP contribution in [0.5, 0.6) is 0 Å². The van der Waals surface area contributed by atoms with E-state index >= 15 is 0 Å². The summed E-state index contributed by atoms with van der Waals surface area (Å²) in [4.78, 5) is 20.1. The number of aromatic nitrogens is 2. The minimum Gasteiger partial charge on any atom is -0.391 e. The van der Waals surface area contributed by atoms with Gasteiger partial charge in [-0.15, -0.1) is 0 Å². The summed E-state index contributed by atoms with van der Waals surface area (Å²) in [6.45, 7) is 3.17. The lowest BCUT2D eigenvalue weighted by molar-refractivity contribution is 0.154. The summed E-state index contributed by atoms with van der Waals surface area (Å²) in [6.07, 6.45) is 1.47. The van der Waals surface area contributed by atoms with Crippen molar-refractivity contribution >= 4 is 5.82 Å². The van der Waals surface area contributed by atoms with Gasteiger partial charge in [0.2, 0.25) is 0 Å². The molecule has 0 amide bonds. The summed E-state index contributed by atoms with van der Waals surface area (Å²) in [6, 6.07) is 1.48. The van der Waals surface area contributed by atoms with Crippen LogP contribution in [0.25, 0.3) is 0 Å². The first-order chi connectivity index (χ1) is 7.15. The average Bonchev–Trinajstić information content (AvgIpc) is 2.16. The molecular weight excluding hydrogens is 194 g/mol. The van der Waals surface area contributed by atoms with Gasteiger partial charge in [-0.05, 0) is 19.8 Å². The molecule has 1 saturated heterocycles. The standard InChI is InChI=1S/C10H15N3O2/c1-7-11-9(5-10(15)12-7)13-4-2-3-8(14)6-13/h5,8,14H,2-4,6H2,1H3,(H,11,12,15). The first-order valence-electron chi connectivity index (χ1n) is 5.16. The normalized spacial score (nSPS) is 21.7. The number of hydrogen-bond donors (Lipinski definition) is 2. The summed E-state index contributed by atoms with van der Waals surface area (Å²) in [5, 5.41) is 9.52. The molecule has 5 nitrogen and oxygen atoms in total. The second kappa shape index (κ2) is 4.02. The Hall–Kier alpha value is -1.36. The number of aromatic amines is 1.